The van der Waals surface area contributed by atoms with E-state index in [1.54, 1.807) is 0 Å². The molecule has 0 aliphatic heterocycles. The Kier molecular flexibility index (Phi) is 6.10. The summed E-state index contributed by atoms with van der Waals surface area (Å²) in [6, 6.07) is 61.7. The molecule has 0 bridgehead atoms. The highest BCUT2D eigenvalue weighted by Gasteiger charge is 2.23. The van der Waals surface area contributed by atoms with E-state index in [2.05, 4.69) is 132 Å². The van der Waals surface area contributed by atoms with Crippen LogP contribution in [-0.4, -0.2) is 14.5 Å². The molecular formula is C52H29N3O2. The summed E-state index contributed by atoms with van der Waals surface area (Å²) in [5, 5.41) is 10.7. The highest BCUT2D eigenvalue weighted by molar-refractivity contribution is 6.34. The third-order valence-corrected chi connectivity index (χ3v) is 11.8. The predicted octanol–water partition coefficient (Wildman–Crippen LogP) is 14.1. The molecule has 5 heteroatoms. The molecule has 0 aliphatic rings. The first kappa shape index (κ1) is 30.6. The third kappa shape index (κ3) is 4.23. The number of aromatic nitrogens is 3. The Labute approximate surface area is 325 Å². The maximum atomic E-state index is 7.07. The number of hydrogen-bond acceptors (Lipinski definition) is 4. The first-order valence-electron chi connectivity index (χ1n) is 19.2. The highest BCUT2D eigenvalue weighted by atomic mass is 16.3. The SMILES string of the molecule is c1ccc(-c2nc(-c3ccccc3)c3oc4cc(-c5cccc6c5oc5c(-n7c8cccc9c%10ccccc%10c%10cccc7c%10c98)cccc56)ccc4c3n2)cc1. The van der Waals surface area contributed by atoms with E-state index in [1.807, 2.05) is 48.5 Å². The van der Waals surface area contributed by atoms with Crippen LogP contribution < -0.4 is 0 Å². The van der Waals surface area contributed by atoms with Gasteiger partial charge in [0.25, 0.3) is 0 Å². The van der Waals surface area contributed by atoms with E-state index >= 15 is 0 Å². The summed E-state index contributed by atoms with van der Waals surface area (Å²) >= 11 is 0. The summed E-state index contributed by atoms with van der Waals surface area (Å²) in [4.78, 5) is 10.1. The van der Waals surface area contributed by atoms with Gasteiger partial charge in [0, 0.05) is 43.6 Å². The zero-order valence-corrected chi connectivity index (χ0v) is 30.4. The average Bonchev–Trinajstić information content (AvgIpc) is 3.96. The molecule has 13 aromatic rings. The van der Waals surface area contributed by atoms with E-state index in [0.717, 1.165) is 72.1 Å². The second-order valence-corrected chi connectivity index (χ2v) is 14.8. The average molecular weight is 728 g/mol. The number of benzene rings is 9. The fraction of sp³-hybridized carbons (Fsp3) is 0. The Balaban J connectivity index is 1.03. The molecule has 0 saturated heterocycles. The lowest BCUT2D eigenvalue weighted by Gasteiger charge is -2.08. The minimum Gasteiger partial charge on any atom is -0.453 e. The topological polar surface area (TPSA) is 57.0 Å². The molecule has 0 atom stereocenters. The Hall–Kier alpha value is -7.76. The minimum atomic E-state index is 0.665. The Morgan fingerprint density at radius 2 is 0.982 bits per heavy atom. The van der Waals surface area contributed by atoms with Crippen LogP contribution in [0.2, 0.25) is 0 Å². The van der Waals surface area contributed by atoms with Crippen molar-refractivity contribution in [2.75, 3.05) is 0 Å². The first-order chi connectivity index (χ1) is 28.3. The van der Waals surface area contributed by atoms with Gasteiger partial charge in [-0.15, -0.1) is 0 Å². The number of para-hydroxylation sites is 2. The predicted molar refractivity (Wildman–Crippen MR) is 233 cm³/mol. The second-order valence-electron chi connectivity index (χ2n) is 14.8. The summed E-state index contributed by atoms with van der Waals surface area (Å²) < 4.78 is 16.2. The molecule has 4 aromatic heterocycles. The number of fused-ring (bicyclic) bond motifs is 9. The molecule has 0 aliphatic carbocycles. The Morgan fingerprint density at radius 1 is 0.386 bits per heavy atom. The van der Waals surface area contributed by atoms with Gasteiger partial charge in [-0.3, -0.25) is 0 Å². The molecular weight excluding hydrogens is 699 g/mol. The first-order valence-corrected chi connectivity index (χ1v) is 19.2. The van der Waals surface area contributed by atoms with Gasteiger partial charge in [-0.1, -0.05) is 146 Å². The van der Waals surface area contributed by atoms with Gasteiger partial charge in [-0.2, -0.15) is 0 Å². The molecule has 0 spiro atoms. The van der Waals surface area contributed by atoms with Crippen LogP contribution in [0.15, 0.2) is 185 Å². The second kappa shape index (κ2) is 11.4. The van der Waals surface area contributed by atoms with Crippen LogP contribution in [0.25, 0.3) is 127 Å². The summed E-state index contributed by atoms with van der Waals surface area (Å²) in [6.07, 6.45) is 0. The minimum absolute atomic E-state index is 0.665. The van der Waals surface area contributed by atoms with Crippen molar-refractivity contribution < 1.29 is 8.83 Å². The van der Waals surface area contributed by atoms with Gasteiger partial charge < -0.3 is 13.4 Å². The van der Waals surface area contributed by atoms with E-state index in [-0.39, 0.29) is 0 Å². The number of hydrogen-bond donors (Lipinski definition) is 0. The number of rotatable bonds is 4. The van der Waals surface area contributed by atoms with E-state index in [0.29, 0.717) is 11.4 Å². The van der Waals surface area contributed by atoms with E-state index in [1.165, 1.54) is 43.4 Å². The van der Waals surface area contributed by atoms with Gasteiger partial charge in [0.15, 0.2) is 17.0 Å². The van der Waals surface area contributed by atoms with Crippen LogP contribution in [0.1, 0.15) is 0 Å². The molecule has 0 saturated carbocycles. The lowest BCUT2D eigenvalue weighted by atomic mass is 9.95. The molecule has 57 heavy (non-hydrogen) atoms. The van der Waals surface area contributed by atoms with Gasteiger partial charge in [-0.05, 0) is 57.4 Å². The Bertz CT molecular complexity index is 3660. The van der Waals surface area contributed by atoms with E-state index < -0.39 is 0 Å². The fourth-order valence-corrected chi connectivity index (χ4v) is 9.30. The van der Waals surface area contributed by atoms with Crippen molar-refractivity contribution in [2.45, 2.75) is 0 Å². The standard InChI is InChI=1S/C52H29N3O2/c1-3-13-30(14-4-1)47-51-48(54-52(53-47)31-15-5-2-6-16-31)40-28-27-32(29-44(40)56-51)33-19-9-22-38-39-23-12-26-43(50(39)57-49(33)38)55-41-24-10-20-36-34-17-7-8-18-35(34)37-21-11-25-42(55)46(37)45(36)41/h1-29H. The van der Waals surface area contributed by atoms with Crippen LogP contribution in [0.5, 0.6) is 0 Å². The van der Waals surface area contributed by atoms with Gasteiger partial charge in [0.1, 0.15) is 22.4 Å². The molecule has 0 fully saturated rings. The van der Waals surface area contributed by atoms with E-state index in [4.69, 9.17) is 18.8 Å². The van der Waals surface area contributed by atoms with Gasteiger partial charge in [0.2, 0.25) is 0 Å². The smallest absolute Gasteiger partial charge is 0.180 e. The maximum Gasteiger partial charge on any atom is 0.180 e. The van der Waals surface area contributed by atoms with Crippen LogP contribution in [0.3, 0.4) is 0 Å². The lowest BCUT2D eigenvalue weighted by Crippen LogP contribution is -1.94. The normalized spacial score (nSPS) is 12.2. The van der Waals surface area contributed by atoms with Crippen molar-refractivity contribution in [1.82, 2.24) is 14.5 Å². The van der Waals surface area contributed by atoms with Crippen LogP contribution in [-0.2, 0) is 0 Å². The summed E-state index contributed by atoms with van der Waals surface area (Å²) in [7, 11) is 0. The van der Waals surface area contributed by atoms with Crippen molar-refractivity contribution in [3.8, 4) is 39.5 Å². The monoisotopic (exact) mass is 727 g/mol. The maximum absolute atomic E-state index is 7.07. The molecule has 13 rings (SSSR count). The Morgan fingerprint density at radius 3 is 1.70 bits per heavy atom. The third-order valence-electron chi connectivity index (χ3n) is 11.8. The van der Waals surface area contributed by atoms with E-state index in [9.17, 15) is 0 Å². The molecule has 0 unspecified atom stereocenters. The van der Waals surface area contributed by atoms with Crippen LogP contribution >= 0.6 is 0 Å². The van der Waals surface area contributed by atoms with Crippen molar-refractivity contribution >= 4 is 87.4 Å². The number of furan rings is 2. The zero-order chi connectivity index (χ0) is 37.2. The molecule has 0 amide bonds. The summed E-state index contributed by atoms with van der Waals surface area (Å²) in [5.74, 6) is 0.665. The molecule has 264 valence electrons. The van der Waals surface area contributed by atoms with Gasteiger partial charge in [-0.25, -0.2) is 9.97 Å². The molecule has 0 radical (unpaired) electrons. The molecule has 0 N–H and O–H groups in total. The molecule has 4 heterocycles. The van der Waals surface area contributed by atoms with Crippen molar-refractivity contribution in [3.63, 3.8) is 0 Å². The van der Waals surface area contributed by atoms with Crippen molar-refractivity contribution in [1.29, 1.82) is 0 Å². The van der Waals surface area contributed by atoms with Crippen LogP contribution in [0.4, 0.5) is 0 Å². The zero-order valence-electron chi connectivity index (χ0n) is 30.4. The summed E-state index contributed by atoms with van der Waals surface area (Å²) in [5.41, 5.74) is 12.0. The number of nitrogens with zero attached hydrogens (tertiary/aromatic N) is 3. The van der Waals surface area contributed by atoms with Crippen molar-refractivity contribution in [3.05, 3.63) is 176 Å². The lowest BCUT2D eigenvalue weighted by molar-refractivity contribution is 0.666. The molecule has 9 aromatic carbocycles. The van der Waals surface area contributed by atoms with Gasteiger partial charge >= 0.3 is 0 Å². The highest BCUT2D eigenvalue weighted by Crippen LogP contribution is 2.46. The largest absolute Gasteiger partial charge is 0.453 e. The fourth-order valence-electron chi connectivity index (χ4n) is 9.30. The van der Waals surface area contributed by atoms with Gasteiger partial charge in [0.05, 0.1) is 16.7 Å². The quantitative estimate of drug-likeness (QED) is 0.169. The van der Waals surface area contributed by atoms with Crippen molar-refractivity contribution in [2.24, 2.45) is 0 Å². The van der Waals surface area contributed by atoms with Crippen LogP contribution in [0, 0.1) is 0 Å². The summed E-state index contributed by atoms with van der Waals surface area (Å²) in [6.45, 7) is 0. The molecule has 5 nitrogen and oxygen atoms in total.